The van der Waals surface area contributed by atoms with Gasteiger partial charge in [-0.15, -0.1) is 0 Å². The summed E-state index contributed by atoms with van der Waals surface area (Å²) < 4.78 is 10.9. The van der Waals surface area contributed by atoms with E-state index in [9.17, 15) is 4.79 Å². The number of hydrogen-bond acceptors (Lipinski definition) is 4. The smallest absolute Gasteiger partial charge is 0.231 e. The highest BCUT2D eigenvalue weighted by molar-refractivity contribution is 6.10. The van der Waals surface area contributed by atoms with Gasteiger partial charge in [-0.3, -0.25) is 9.69 Å². The number of para-hydroxylation sites is 1. The summed E-state index contributed by atoms with van der Waals surface area (Å²) >= 11 is 0. The number of nitrogens with one attached hydrogen (secondary N) is 1. The molecule has 5 heteroatoms. The lowest BCUT2D eigenvalue weighted by Crippen LogP contribution is -2.30. The second-order valence-corrected chi connectivity index (χ2v) is 7.53. The maximum Gasteiger partial charge on any atom is 0.231 e. The van der Waals surface area contributed by atoms with E-state index in [1.807, 2.05) is 86.0 Å². The van der Waals surface area contributed by atoms with Crippen molar-refractivity contribution in [2.24, 2.45) is 0 Å². The first-order chi connectivity index (χ1) is 14.7. The molecule has 30 heavy (non-hydrogen) atoms. The van der Waals surface area contributed by atoms with Crippen molar-refractivity contribution >= 4 is 16.7 Å². The van der Waals surface area contributed by atoms with Crippen molar-refractivity contribution in [3.05, 3.63) is 95.7 Å². The summed E-state index contributed by atoms with van der Waals surface area (Å²) in [6.07, 6.45) is 1.82. The second kappa shape index (κ2) is 7.69. The van der Waals surface area contributed by atoms with Gasteiger partial charge in [0.15, 0.2) is 17.3 Å². The molecule has 0 bridgehead atoms. The number of rotatable bonds is 6. The Kier molecular flexibility index (Phi) is 4.73. The van der Waals surface area contributed by atoms with E-state index in [0.717, 1.165) is 33.5 Å². The van der Waals surface area contributed by atoms with Crippen LogP contribution in [0.3, 0.4) is 0 Å². The molecule has 0 fully saturated rings. The van der Waals surface area contributed by atoms with E-state index in [2.05, 4.69) is 9.88 Å². The maximum atomic E-state index is 13.7. The zero-order valence-electron chi connectivity index (χ0n) is 16.7. The van der Waals surface area contributed by atoms with Gasteiger partial charge < -0.3 is 14.5 Å². The van der Waals surface area contributed by atoms with Gasteiger partial charge >= 0.3 is 0 Å². The predicted molar refractivity (Wildman–Crippen MR) is 116 cm³/mol. The normalized spacial score (nSPS) is 13.7. The summed E-state index contributed by atoms with van der Waals surface area (Å²) in [7, 11) is 1.98. The minimum atomic E-state index is -0.407. The summed E-state index contributed by atoms with van der Waals surface area (Å²) in [5.74, 6) is 1.58. The van der Waals surface area contributed by atoms with Crippen molar-refractivity contribution in [1.82, 2.24) is 9.88 Å². The molecule has 0 saturated carbocycles. The van der Waals surface area contributed by atoms with Gasteiger partial charge in [0.2, 0.25) is 6.79 Å². The van der Waals surface area contributed by atoms with E-state index in [0.29, 0.717) is 12.1 Å². The third kappa shape index (κ3) is 3.33. The zero-order valence-corrected chi connectivity index (χ0v) is 16.7. The molecule has 0 unspecified atom stereocenters. The van der Waals surface area contributed by atoms with Crippen LogP contribution in [0.25, 0.3) is 10.9 Å². The van der Waals surface area contributed by atoms with Gasteiger partial charge in [-0.2, -0.15) is 0 Å². The first-order valence-electron chi connectivity index (χ1n) is 9.95. The van der Waals surface area contributed by atoms with Gasteiger partial charge in [-0.25, -0.2) is 0 Å². The van der Waals surface area contributed by atoms with Crippen molar-refractivity contribution in [3.8, 4) is 11.5 Å². The van der Waals surface area contributed by atoms with Crippen LogP contribution in [0.5, 0.6) is 11.5 Å². The number of hydrogen-bond donors (Lipinski definition) is 1. The molecule has 1 aromatic heterocycles. The molecule has 2 heterocycles. The van der Waals surface area contributed by atoms with Crippen LogP contribution in [0.15, 0.2) is 79.0 Å². The van der Waals surface area contributed by atoms with E-state index >= 15 is 0 Å². The molecule has 150 valence electrons. The summed E-state index contributed by atoms with van der Waals surface area (Å²) in [6.45, 7) is 0.852. The van der Waals surface area contributed by atoms with Gasteiger partial charge in [0.25, 0.3) is 0 Å². The van der Waals surface area contributed by atoms with Crippen LogP contribution in [0.2, 0.25) is 0 Å². The van der Waals surface area contributed by atoms with E-state index in [1.54, 1.807) is 0 Å². The van der Waals surface area contributed by atoms with Gasteiger partial charge in [-0.1, -0.05) is 54.6 Å². The Morgan fingerprint density at radius 1 is 1.00 bits per heavy atom. The molecule has 1 aliphatic heterocycles. The lowest BCUT2D eigenvalue weighted by atomic mass is 9.95. The molecule has 5 rings (SSSR count). The Balaban J connectivity index is 1.49. The molecular weight excluding hydrogens is 376 g/mol. The van der Waals surface area contributed by atoms with Gasteiger partial charge in [0.1, 0.15) is 0 Å². The average molecular weight is 398 g/mol. The number of Topliss-reactive ketones (excluding diaryl/α,β-unsaturated/α-hetero) is 1. The fraction of sp³-hybridized carbons (Fsp3) is 0.160. The van der Waals surface area contributed by atoms with Crippen molar-refractivity contribution in [3.63, 3.8) is 0 Å². The minimum Gasteiger partial charge on any atom is -0.454 e. The Morgan fingerprint density at radius 2 is 1.77 bits per heavy atom. The van der Waals surface area contributed by atoms with Gasteiger partial charge in [0, 0.05) is 29.2 Å². The largest absolute Gasteiger partial charge is 0.454 e. The first-order valence-corrected chi connectivity index (χ1v) is 9.95. The summed E-state index contributed by atoms with van der Waals surface area (Å²) in [6, 6.07) is 23.3. The van der Waals surface area contributed by atoms with Crippen LogP contribution in [-0.4, -0.2) is 29.5 Å². The molecule has 5 nitrogen and oxygen atoms in total. The third-order valence-corrected chi connectivity index (χ3v) is 5.53. The molecule has 1 N–H and O–H groups in total. The summed E-state index contributed by atoms with van der Waals surface area (Å²) in [5, 5.41) is 0.944. The number of fused-ring (bicyclic) bond motifs is 2. The first kappa shape index (κ1) is 18.5. The molecule has 0 amide bonds. The van der Waals surface area contributed by atoms with E-state index < -0.39 is 6.04 Å². The number of carbonyl (C=O) groups excluding carboxylic acids is 1. The van der Waals surface area contributed by atoms with Gasteiger partial charge in [0.05, 0.1) is 6.04 Å². The molecular formula is C25H22N2O3. The van der Waals surface area contributed by atoms with Crippen LogP contribution >= 0.6 is 0 Å². The van der Waals surface area contributed by atoms with E-state index in [4.69, 9.17) is 9.47 Å². The lowest BCUT2D eigenvalue weighted by Gasteiger charge is -2.27. The van der Waals surface area contributed by atoms with E-state index in [-0.39, 0.29) is 12.6 Å². The molecule has 1 atom stereocenters. The van der Waals surface area contributed by atoms with Crippen molar-refractivity contribution in [1.29, 1.82) is 0 Å². The Hall–Kier alpha value is -3.57. The number of aromatic nitrogens is 1. The number of ketones is 1. The molecule has 0 radical (unpaired) electrons. The van der Waals surface area contributed by atoms with Crippen LogP contribution < -0.4 is 9.47 Å². The fourth-order valence-corrected chi connectivity index (χ4v) is 4.08. The molecule has 3 aromatic carbocycles. The monoisotopic (exact) mass is 398 g/mol. The molecule has 0 spiro atoms. The van der Waals surface area contributed by atoms with Crippen LogP contribution in [0.4, 0.5) is 0 Å². The zero-order chi connectivity index (χ0) is 20.5. The molecule has 0 saturated heterocycles. The van der Waals surface area contributed by atoms with Crippen LogP contribution in [-0.2, 0) is 6.54 Å². The molecule has 1 aliphatic rings. The highest BCUT2D eigenvalue weighted by Gasteiger charge is 2.28. The maximum absolute atomic E-state index is 13.7. The van der Waals surface area contributed by atoms with Crippen molar-refractivity contribution in [2.45, 2.75) is 12.6 Å². The molecule has 4 aromatic rings. The predicted octanol–water partition coefficient (Wildman–Crippen LogP) is 4.95. The number of ether oxygens (including phenoxy) is 2. The topological polar surface area (TPSA) is 54.6 Å². The minimum absolute atomic E-state index is 0.0712. The van der Waals surface area contributed by atoms with E-state index in [1.165, 1.54) is 0 Å². The van der Waals surface area contributed by atoms with Crippen LogP contribution in [0, 0.1) is 0 Å². The SMILES string of the molecule is CN(Cc1ccc2c(c1)OCO2)[C@@H](C(=O)c1c[nH]c2ccccc12)c1ccccc1. The summed E-state index contributed by atoms with van der Waals surface area (Å²) in [4.78, 5) is 19.0. The Labute approximate surface area is 174 Å². The van der Waals surface area contributed by atoms with Gasteiger partial charge in [-0.05, 0) is 36.4 Å². The standard InChI is InChI=1S/C25H22N2O3/c1-27(15-17-11-12-22-23(13-17)30-16-29-22)24(18-7-3-2-4-8-18)25(28)20-14-26-21-10-6-5-9-19(20)21/h2-14,24,26H,15-16H2,1H3/t24-/m1/s1. The number of nitrogens with zero attached hydrogens (tertiary/aromatic N) is 1. The second-order valence-electron chi connectivity index (χ2n) is 7.53. The number of benzene rings is 3. The van der Waals surface area contributed by atoms with Crippen LogP contribution in [0.1, 0.15) is 27.5 Å². The third-order valence-electron chi connectivity index (χ3n) is 5.53. The number of likely N-dealkylation sites (N-methyl/N-ethyl adjacent to an activating group) is 1. The number of H-pyrrole nitrogens is 1. The fourth-order valence-electron chi connectivity index (χ4n) is 4.08. The average Bonchev–Trinajstić information content (AvgIpc) is 3.41. The molecule has 0 aliphatic carbocycles. The Bertz CT molecular complexity index is 1200. The quantitative estimate of drug-likeness (QED) is 0.467. The summed E-state index contributed by atoms with van der Waals surface area (Å²) in [5.41, 5.74) is 3.70. The number of carbonyl (C=O) groups is 1. The van der Waals surface area contributed by atoms with Crippen molar-refractivity contribution in [2.75, 3.05) is 13.8 Å². The van der Waals surface area contributed by atoms with Crippen molar-refractivity contribution < 1.29 is 14.3 Å². The highest BCUT2D eigenvalue weighted by atomic mass is 16.7. The number of aromatic amines is 1. The Morgan fingerprint density at radius 3 is 2.63 bits per heavy atom. The highest BCUT2D eigenvalue weighted by Crippen LogP contribution is 2.34. The lowest BCUT2D eigenvalue weighted by molar-refractivity contribution is 0.0845.